The van der Waals surface area contributed by atoms with Crippen LogP contribution < -0.4 is 0 Å². The highest BCUT2D eigenvalue weighted by atomic mass is 32.2. The van der Waals surface area contributed by atoms with Gasteiger partial charge >= 0.3 is 0 Å². The van der Waals surface area contributed by atoms with Crippen molar-refractivity contribution in [3.63, 3.8) is 0 Å². The average Bonchev–Trinajstić information content (AvgIpc) is 3.41. The Morgan fingerprint density at radius 3 is 1.13 bits per heavy atom. The van der Waals surface area contributed by atoms with Crippen LogP contribution in [0.25, 0.3) is 0 Å². The summed E-state index contributed by atoms with van der Waals surface area (Å²) in [7, 11) is 0. The van der Waals surface area contributed by atoms with Gasteiger partial charge in [0.2, 0.25) is 0 Å². The molecule has 362 valence electrons. The van der Waals surface area contributed by atoms with Crippen molar-refractivity contribution in [2.75, 3.05) is 6.61 Å². The molecule has 2 aliphatic rings. The van der Waals surface area contributed by atoms with Crippen molar-refractivity contribution in [3.05, 3.63) is 246 Å². The maximum atomic E-state index is 7.51. The van der Waals surface area contributed by atoms with E-state index in [1.54, 1.807) is 11.8 Å². The molecule has 0 aromatic heterocycles. The Hall–Kier alpha value is -5.47. The molecule has 10 heteroatoms. The molecule has 0 unspecified atom stereocenters. The molecule has 7 aromatic rings. The third-order valence-corrected chi connectivity index (χ3v) is 13.6. The third-order valence-electron chi connectivity index (χ3n) is 12.4. The van der Waals surface area contributed by atoms with Crippen molar-refractivity contribution in [1.29, 1.82) is 0 Å². The largest absolute Gasteiger partial charge is 0.374 e. The predicted octanol–water partition coefficient (Wildman–Crippen LogP) is 11.8. The molecule has 9 nitrogen and oxygen atoms in total. The Balaban J connectivity index is 1.09. The maximum Gasteiger partial charge on any atom is 0.187 e. The van der Waals surface area contributed by atoms with Gasteiger partial charge in [0, 0.05) is 4.90 Å². The lowest BCUT2D eigenvalue weighted by atomic mass is 9.96. The molecule has 0 spiro atoms. The second-order valence-electron chi connectivity index (χ2n) is 17.6. The number of benzene rings is 7. The van der Waals surface area contributed by atoms with Gasteiger partial charge in [0.05, 0.1) is 52.4 Å². The van der Waals surface area contributed by atoms with Crippen molar-refractivity contribution in [1.82, 2.24) is 0 Å². The zero-order chi connectivity index (χ0) is 47.6. The van der Waals surface area contributed by atoms with E-state index < -0.39 is 60.6 Å². The first-order valence-corrected chi connectivity index (χ1v) is 25.1. The zero-order valence-corrected chi connectivity index (χ0v) is 40.3. The molecular formula is C60H62O9S. The van der Waals surface area contributed by atoms with E-state index >= 15 is 0 Å². The van der Waals surface area contributed by atoms with Crippen LogP contribution in [0.3, 0.4) is 0 Å². The van der Waals surface area contributed by atoms with Crippen molar-refractivity contribution >= 4 is 11.8 Å². The van der Waals surface area contributed by atoms with E-state index in [4.69, 9.17) is 42.6 Å². The first kappa shape index (κ1) is 49.5. The third kappa shape index (κ3) is 14.1. The number of thioether (sulfide) groups is 1. The first-order chi connectivity index (χ1) is 34.6. The van der Waals surface area contributed by atoms with E-state index in [2.05, 4.69) is 84.9 Å². The lowest BCUT2D eigenvalue weighted by Crippen LogP contribution is -2.65. The van der Waals surface area contributed by atoms with Gasteiger partial charge in [0.15, 0.2) is 6.29 Å². The fourth-order valence-corrected chi connectivity index (χ4v) is 9.94. The van der Waals surface area contributed by atoms with Crippen LogP contribution in [0, 0.1) is 0 Å². The van der Waals surface area contributed by atoms with Gasteiger partial charge < -0.3 is 42.6 Å². The number of ether oxygens (including phenoxy) is 9. The summed E-state index contributed by atoms with van der Waals surface area (Å²) in [4.78, 5) is 1.00. The molecule has 10 atom stereocenters. The minimum Gasteiger partial charge on any atom is -0.374 e. The van der Waals surface area contributed by atoms with Crippen LogP contribution in [0.5, 0.6) is 0 Å². The molecule has 2 saturated heterocycles. The predicted molar refractivity (Wildman–Crippen MR) is 271 cm³/mol. The SMILES string of the molecule is C[C@@H]1O[C@@H](O[C@@H]2[C@@H](OCc3ccccc3)[C@@H](OCc3ccccc3)[C@@H](COCc3ccccc3)O[C@H]2Sc2ccccc2)[C@@H](OCc2ccccc2)[C@H](OCc2ccccc2)[C@@H]1OCc1ccccc1. The summed E-state index contributed by atoms with van der Waals surface area (Å²) in [6.45, 7) is 4.24. The molecule has 2 aliphatic heterocycles. The highest BCUT2D eigenvalue weighted by Gasteiger charge is 2.54. The molecule has 2 heterocycles. The molecule has 0 N–H and O–H groups in total. The number of rotatable bonds is 23. The lowest BCUT2D eigenvalue weighted by molar-refractivity contribution is -0.351. The van der Waals surface area contributed by atoms with Crippen LogP contribution in [0.4, 0.5) is 0 Å². The lowest BCUT2D eigenvalue weighted by Gasteiger charge is -2.50. The van der Waals surface area contributed by atoms with Gasteiger partial charge in [-0.3, -0.25) is 0 Å². The molecule has 7 aromatic carbocycles. The quantitative estimate of drug-likeness (QED) is 0.0618. The number of hydrogen-bond donors (Lipinski definition) is 0. The van der Waals surface area contributed by atoms with Crippen molar-refractivity contribution in [3.8, 4) is 0 Å². The molecule has 0 radical (unpaired) electrons. The van der Waals surface area contributed by atoms with Gasteiger partial charge in [0.1, 0.15) is 48.2 Å². The Labute approximate surface area is 416 Å². The fourth-order valence-electron chi connectivity index (χ4n) is 8.81. The molecular weight excluding hydrogens is 897 g/mol. The Bertz CT molecular complexity index is 2510. The minimum absolute atomic E-state index is 0.244. The second kappa shape index (κ2) is 26.1. The molecule has 0 bridgehead atoms. The van der Waals surface area contributed by atoms with Gasteiger partial charge in [-0.1, -0.05) is 212 Å². The summed E-state index contributed by atoms with van der Waals surface area (Å²) in [6, 6.07) is 71.2. The summed E-state index contributed by atoms with van der Waals surface area (Å²) in [5.41, 5.74) is 5.54. The van der Waals surface area contributed by atoms with Crippen LogP contribution in [0.15, 0.2) is 217 Å². The minimum atomic E-state index is -0.966. The van der Waals surface area contributed by atoms with E-state index in [-0.39, 0.29) is 13.2 Å². The summed E-state index contributed by atoms with van der Waals surface area (Å²) >= 11 is 1.57. The molecule has 2 fully saturated rings. The van der Waals surface area contributed by atoms with Gasteiger partial charge in [-0.25, -0.2) is 0 Å². The van der Waals surface area contributed by atoms with Gasteiger partial charge in [0.25, 0.3) is 0 Å². The Morgan fingerprint density at radius 2 is 0.700 bits per heavy atom. The van der Waals surface area contributed by atoms with Crippen molar-refractivity contribution in [2.24, 2.45) is 0 Å². The average molecular weight is 959 g/mol. The van der Waals surface area contributed by atoms with Crippen LogP contribution in [0.2, 0.25) is 0 Å². The maximum absolute atomic E-state index is 7.51. The monoisotopic (exact) mass is 958 g/mol. The van der Waals surface area contributed by atoms with Gasteiger partial charge in [-0.15, -0.1) is 0 Å². The van der Waals surface area contributed by atoms with Crippen LogP contribution in [0.1, 0.15) is 40.3 Å². The summed E-state index contributed by atoms with van der Waals surface area (Å²) < 4.78 is 63.3. The van der Waals surface area contributed by atoms with Crippen LogP contribution >= 0.6 is 11.8 Å². The zero-order valence-electron chi connectivity index (χ0n) is 39.5. The van der Waals surface area contributed by atoms with Crippen molar-refractivity contribution < 1.29 is 42.6 Å². The highest BCUT2D eigenvalue weighted by molar-refractivity contribution is 7.99. The van der Waals surface area contributed by atoms with Gasteiger partial charge in [-0.05, 0) is 52.4 Å². The van der Waals surface area contributed by atoms with E-state index in [9.17, 15) is 0 Å². The molecule has 0 aliphatic carbocycles. The first-order valence-electron chi connectivity index (χ1n) is 24.2. The molecule has 9 rings (SSSR count). The Kier molecular flexibility index (Phi) is 18.5. The van der Waals surface area contributed by atoms with E-state index in [0.29, 0.717) is 33.0 Å². The molecule has 70 heavy (non-hydrogen) atoms. The summed E-state index contributed by atoms with van der Waals surface area (Å²) in [5.74, 6) is 0. The highest BCUT2D eigenvalue weighted by Crippen LogP contribution is 2.41. The van der Waals surface area contributed by atoms with Gasteiger partial charge in [-0.2, -0.15) is 0 Å². The summed E-state index contributed by atoms with van der Waals surface area (Å²) in [5, 5.41) is 0. The van der Waals surface area contributed by atoms with Crippen LogP contribution in [-0.4, -0.2) is 67.2 Å². The normalized spacial score (nSPS) is 24.5. The fraction of sp³-hybridized carbons (Fsp3) is 0.300. The second-order valence-corrected chi connectivity index (χ2v) is 18.8. The van der Waals surface area contributed by atoms with E-state index in [1.165, 1.54) is 0 Å². The Morgan fingerprint density at radius 1 is 0.357 bits per heavy atom. The smallest absolute Gasteiger partial charge is 0.187 e. The number of hydrogen-bond acceptors (Lipinski definition) is 10. The van der Waals surface area contributed by atoms with E-state index in [1.807, 2.05) is 134 Å². The molecule has 0 saturated carbocycles. The van der Waals surface area contributed by atoms with E-state index in [0.717, 1.165) is 38.3 Å². The van der Waals surface area contributed by atoms with Crippen molar-refractivity contribution in [2.45, 2.75) is 112 Å². The topological polar surface area (TPSA) is 83.1 Å². The standard InChI is InChI=1S/C60H62O9S/c1-44-53(62-38-46-25-11-3-12-26-46)55(64-40-48-29-15-5-16-30-48)57(66-42-50-33-19-7-20-34-50)59(67-44)69-58-56(65-41-49-31-17-6-18-32-49)54(63-39-47-27-13-4-14-28-47)52(43-61-37-45-23-9-2-10-24-45)68-60(58)70-51-35-21-8-22-36-51/h2-36,44,52-60H,37-43H2,1H3/t44-,52+,53+,54-,55+,56-,57-,58+,59-,60-/m0/s1. The molecule has 0 amide bonds. The van der Waals surface area contributed by atoms with Crippen LogP contribution in [-0.2, 0) is 82.3 Å². The summed E-state index contributed by atoms with van der Waals surface area (Å²) in [6.07, 6.45) is -6.02.